The Morgan fingerprint density at radius 3 is 2.35 bits per heavy atom. The molecular formula is C13H25N3O3S. The fraction of sp³-hybridized carbons (Fsp3) is 1.00. The number of nitrogens with zero attached hydrogens (tertiary/aromatic N) is 3. The minimum atomic E-state index is -3.33. The summed E-state index contributed by atoms with van der Waals surface area (Å²) < 4.78 is 34.5. The molecule has 3 aliphatic heterocycles. The van der Waals surface area contributed by atoms with Crippen molar-refractivity contribution < 1.29 is 13.2 Å². The van der Waals surface area contributed by atoms with Crippen LogP contribution in [0.4, 0.5) is 0 Å². The highest BCUT2D eigenvalue weighted by atomic mass is 32.2. The molecule has 0 aromatic carbocycles. The molecule has 7 heteroatoms. The van der Waals surface area contributed by atoms with Crippen LogP contribution in [-0.4, -0.2) is 79.4 Å². The largest absolute Gasteiger partial charge is 0.373 e. The molecule has 0 bridgehead atoms. The third-order valence-corrected chi connectivity index (χ3v) is 6.52. The Kier molecular flexibility index (Phi) is 4.07. The maximum Gasteiger partial charge on any atom is 0.282 e. The molecule has 116 valence electrons. The molecule has 0 spiro atoms. The molecule has 0 unspecified atom stereocenters. The quantitative estimate of drug-likeness (QED) is 0.727. The van der Waals surface area contributed by atoms with Crippen molar-refractivity contribution in [1.82, 2.24) is 13.5 Å². The van der Waals surface area contributed by atoms with Gasteiger partial charge in [0.25, 0.3) is 10.2 Å². The first-order valence-electron chi connectivity index (χ1n) is 7.61. The van der Waals surface area contributed by atoms with E-state index >= 15 is 0 Å². The average Bonchev–Trinajstić information content (AvgIpc) is 2.84. The lowest BCUT2D eigenvalue weighted by atomic mass is 10.2. The molecule has 0 aromatic heterocycles. The highest BCUT2D eigenvalue weighted by Gasteiger charge is 2.40. The van der Waals surface area contributed by atoms with E-state index in [2.05, 4.69) is 4.90 Å². The van der Waals surface area contributed by atoms with Crippen LogP contribution in [0.5, 0.6) is 0 Å². The first-order valence-corrected chi connectivity index (χ1v) is 9.01. The highest BCUT2D eigenvalue weighted by Crippen LogP contribution is 2.25. The van der Waals surface area contributed by atoms with Crippen molar-refractivity contribution >= 4 is 10.2 Å². The zero-order chi connectivity index (χ0) is 14.3. The maximum atomic E-state index is 12.8. The standard InChI is InChI=1S/C13H25N3O3S/c1-11-8-16(9-12(2)19-11)20(17,18)15-7-6-14-5-3-4-13(14)10-15/h11-13H,3-10H2,1-2H3/t11-,12+,13-/m0/s1. The Morgan fingerprint density at radius 1 is 0.950 bits per heavy atom. The van der Waals surface area contributed by atoms with E-state index in [4.69, 9.17) is 4.74 Å². The number of piperazine rings is 1. The molecule has 0 aromatic rings. The van der Waals surface area contributed by atoms with Gasteiger partial charge in [-0.3, -0.25) is 4.90 Å². The molecule has 0 N–H and O–H groups in total. The molecule has 0 amide bonds. The maximum absolute atomic E-state index is 12.8. The Balaban J connectivity index is 1.71. The third kappa shape index (κ3) is 2.74. The minimum Gasteiger partial charge on any atom is -0.373 e. The van der Waals surface area contributed by atoms with Crippen LogP contribution in [0.2, 0.25) is 0 Å². The zero-order valence-electron chi connectivity index (χ0n) is 12.4. The molecule has 0 radical (unpaired) electrons. The van der Waals surface area contributed by atoms with Gasteiger partial charge in [0.15, 0.2) is 0 Å². The van der Waals surface area contributed by atoms with Gasteiger partial charge in [-0.1, -0.05) is 0 Å². The van der Waals surface area contributed by atoms with Crippen molar-refractivity contribution in [2.24, 2.45) is 0 Å². The molecule has 0 aliphatic carbocycles. The Morgan fingerprint density at radius 2 is 1.65 bits per heavy atom. The smallest absolute Gasteiger partial charge is 0.282 e. The molecule has 3 rings (SSSR count). The zero-order valence-corrected chi connectivity index (χ0v) is 13.2. The molecule has 0 saturated carbocycles. The van der Waals surface area contributed by atoms with Gasteiger partial charge in [0.05, 0.1) is 12.2 Å². The number of morpholine rings is 1. The van der Waals surface area contributed by atoms with Crippen LogP contribution in [0, 0.1) is 0 Å². The summed E-state index contributed by atoms with van der Waals surface area (Å²) in [6.07, 6.45) is 2.27. The lowest BCUT2D eigenvalue weighted by Crippen LogP contribution is -2.58. The van der Waals surface area contributed by atoms with Gasteiger partial charge in [-0.25, -0.2) is 0 Å². The van der Waals surface area contributed by atoms with E-state index in [0.717, 1.165) is 19.5 Å². The van der Waals surface area contributed by atoms with E-state index in [0.29, 0.717) is 32.2 Å². The molecular weight excluding hydrogens is 278 g/mol. The van der Waals surface area contributed by atoms with E-state index in [-0.39, 0.29) is 12.2 Å². The molecule has 3 fully saturated rings. The van der Waals surface area contributed by atoms with Gasteiger partial charge in [0.2, 0.25) is 0 Å². The van der Waals surface area contributed by atoms with E-state index in [1.54, 1.807) is 8.61 Å². The van der Waals surface area contributed by atoms with Gasteiger partial charge < -0.3 is 4.74 Å². The van der Waals surface area contributed by atoms with Crippen LogP contribution in [-0.2, 0) is 14.9 Å². The fourth-order valence-electron chi connectivity index (χ4n) is 3.65. The van der Waals surface area contributed by atoms with Gasteiger partial charge in [-0.15, -0.1) is 0 Å². The number of ether oxygens (including phenoxy) is 1. The highest BCUT2D eigenvalue weighted by molar-refractivity contribution is 7.86. The van der Waals surface area contributed by atoms with Crippen LogP contribution < -0.4 is 0 Å². The topological polar surface area (TPSA) is 53.1 Å². The molecule has 3 aliphatic rings. The first-order chi connectivity index (χ1) is 9.46. The predicted molar refractivity (Wildman–Crippen MR) is 76.7 cm³/mol. The number of fused-ring (bicyclic) bond motifs is 1. The molecule has 20 heavy (non-hydrogen) atoms. The molecule has 3 atom stereocenters. The second-order valence-electron chi connectivity index (χ2n) is 6.27. The second kappa shape index (κ2) is 5.53. The summed E-state index contributed by atoms with van der Waals surface area (Å²) in [6.45, 7) is 8.10. The summed E-state index contributed by atoms with van der Waals surface area (Å²) in [7, 11) is -3.33. The van der Waals surface area contributed by atoms with Gasteiger partial charge in [-0.2, -0.15) is 17.0 Å². The van der Waals surface area contributed by atoms with E-state index in [9.17, 15) is 8.42 Å². The Labute approximate surface area is 121 Å². The van der Waals surface area contributed by atoms with Crippen molar-refractivity contribution in [3.63, 3.8) is 0 Å². The summed E-state index contributed by atoms with van der Waals surface area (Å²) in [5.41, 5.74) is 0. The molecule has 3 heterocycles. The first kappa shape index (κ1) is 14.7. The summed E-state index contributed by atoms with van der Waals surface area (Å²) in [6, 6.07) is 0.425. The van der Waals surface area contributed by atoms with Crippen LogP contribution in [0.25, 0.3) is 0 Å². The Bertz CT molecular complexity index is 446. The lowest BCUT2D eigenvalue weighted by Gasteiger charge is -2.41. The second-order valence-corrected chi connectivity index (χ2v) is 8.20. The normalized spacial score (nSPS) is 38.0. The number of hydrogen-bond donors (Lipinski definition) is 0. The van der Waals surface area contributed by atoms with Crippen molar-refractivity contribution in [3.8, 4) is 0 Å². The fourth-order valence-corrected chi connectivity index (χ4v) is 5.45. The van der Waals surface area contributed by atoms with Crippen LogP contribution >= 0.6 is 0 Å². The van der Waals surface area contributed by atoms with Gasteiger partial charge in [0.1, 0.15) is 0 Å². The van der Waals surface area contributed by atoms with Crippen LogP contribution in [0.15, 0.2) is 0 Å². The van der Waals surface area contributed by atoms with Gasteiger partial charge in [0, 0.05) is 38.8 Å². The van der Waals surface area contributed by atoms with E-state index < -0.39 is 10.2 Å². The van der Waals surface area contributed by atoms with Crippen LogP contribution in [0.1, 0.15) is 26.7 Å². The molecule has 3 saturated heterocycles. The van der Waals surface area contributed by atoms with E-state index in [1.165, 1.54) is 6.42 Å². The van der Waals surface area contributed by atoms with Gasteiger partial charge >= 0.3 is 0 Å². The number of rotatable bonds is 2. The van der Waals surface area contributed by atoms with Crippen LogP contribution in [0.3, 0.4) is 0 Å². The predicted octanol–water partition coefficient (Wildman–Crippen LogP) is 0.120. The minimum absolute atomic E-state index is 0.0266. The summed E-state index contributed by atoms with van der Waals surface area (Å²) >= 11 is 0. The third-order valence-electron chi connectivity index (χ3n) is 4.59. The monoisotopic (exact) mass is 303 g/mol. The Hall–Kier alpha value is -0.210. The van der Waals surface area contributed by atoms with Crippen molar-refractivity contribution in [3.05, 3.63) is 0 Å². The summed E-state index contributed by atoms with van der Waals surface area (Å²) in [5.74, 6) is 0. The van der Waals surface area contributed by atoms with Gasteiger partial charge in [-0.05, 0) is 33.2 Å². The number of hydrogen-bond acceptors (Lipinski definition) is 4. The SMILES string of the molecule is C[C@@H]1CN(S(=O)(=O)N2CCN3CCC[C@H]3C2)C[C@H](C)O1. The summed E-state index contributed by atoms with van der Waals surface area (Å²) in [4.78, 5) is 2.43. The summed E-state index contributed by atoms with van der Waals surface area (Å²) in [5, 5.41) is 0. The lowest BCUT2D eigenvalue weighted by molar-refractivity contribution is -0.0459. The van der Waals surface area contributed by atoms with Crippen molar-refractivity contribution in [2.75, 3.05) is 39.3 Å². The molecule has 6 nitrogen and oxygen atoms in total. The van der Waals surface area contributed by atoms with E-state index in [1.807, 2.05) is 13.8 Å². The van der Waals surface area contributed by atoms with Crippen molar-refractivity contribution in [1.29, 1.82) is 0 Å². The van der Waals surface area contributed by atoms with Crippen molar-refractivity contribution in [2.45, 2.75) is 44.9 Å². The average molecular weight is 303 g/mol.